The molecule has 1 atom stereocenters. The van der Waals surface area contributed by atoms with Crippen LogP contribution in [0, 0.1) is 6.92 Å². The summed E-state index contributed by atoms with van der Waals surface area (Å²) in [6.45, 7) is 3.10. The van der Waals surface area contributed by atoms with E-state index in [1.807, 2.05) is 18.7 Å². The minimum absolute atomic E-state index is 0.367. The molecule has 1 aromatic rings. The lowest BCUT2D eigenvalue weighted by Gasteiger charge is -2.20. The third-order valence-corrected chi connectivity index (χ3v) is 3.09. The van der Waals surface area contributed by atoms with E-state index in [0.717, 1.165) is 23.6 Å². The maximum Gasteiger partial charge on any atom is 0.157 e. The molecular formula is C8H12N2OS. The molecule has 2 heterocycles. The predicted octanol–water partition coefficient (Wildman–Crippen LogP) is 1.36. The van der Waals surface area contributed by atoms with E-state index in [2.05, 4.69) is 10.5 Å². The molecule has 1 aromatic heterocycles. The molecule has 4 heteroatoms. The molecule has 0 radical (unpaired) electrons. The van der Waals surface area contributed by atoms with Gasteiger partial charge in [-0.3, -0.25) is 0 Å². The maximum atomic E-state index is 5.18. The van der Waals surface area contributed by atoms with Crippen molar-refractivity contribution in [2.45, 2.75) is 13.0 Å². The lowest BCUT2D eigenvalue weighted by Crippen LogP contribution is -2.30. The lowest BCUT2D eigenvalue weighted by atomic mass is 10.2. The van der Waals surface area contributed by atoms with E-state index in [4.69, 9.17) is 4.52 Å². The molecule has 0 aliphatic carbocycles. The Morgan fingerprint density at radius 2 is 2.67 bits per heavy atom. The van der Waals surface area contributed by atoms with Crippen molar-refractivity contribution in [2.75, 3.05) is 18.1 Å². The molecule has 0 saturated carbocycles. The summed E-state index contributed by atoms with van der Waals surface area (Å²) >= 11 is 1.96. The van der Waals surface area contributed by atoms with E-state index in [9.17, 15) is 0 Å². The van der Waals surface area contributed by atoms with Crippen molar-refractivity contribution in [3.05, 3.63) is 17.5 Å². The highest BCUT2D eigenvalue weighted by molar-refractivity contribution is 7.99. The summed E-state index contributed by atoms with van der Waals surface area (Å²) in [6.07, 6.45) is 1.77. The second kappa shape index (κ2) is 3.49. The van der Waals surface area contributed by atoms with Crippen LogP contribution in [-0.4, -0.2) is 23.2 Å². The van der Waals surface area contributed by atoms with Gasteiger partial charge >= 0.3 is 0 Å². The minimum Gasteiger partial charge on any atom is -0.359 e. The zero-order valence-corrected chi connectivity index (χ0v) is 7.86. The molecule has 1 unspecified atom stereocenters. The van der Waals surface area contributed by atoms with E-state index < -0.39 is 0 Å². The van der Waals surface area contributed by atoms with Crippen LogP contribution in [0.3, 0.4) is 0 Å². The average molecular weight is 184 g/mol. The van der Waals surface area contributed by atoms with Gasteiger partial charge in [0.25, 0.3) is 0 Å². The van der Waals surface area contributed by atoms with Crippen LogP contribution in [0.25, 0.3) is 0 Å². The number of aromatic nitrogens is 1. The summed E-state index contributed by atoms with van der Waals surface area (Å²) < 4.78 is 5.18. The monoisotopic (exact) mass is 184 g/mol. The van der Waals surface area contributed by atoms with Crippen LogP contribution in [-0.2, 0) is 0 Å². The Kier molecular flexibility index (Phi) is 2.37. The number of rotatable bonds is 1. The number of nitrogens with zero attached hydrogens (tertiary/aromatic N) is 1. The molecule has 1 N–H and O–H groups in total. The molecular weight excluding hydrogens is 172 g/mol. The first-order valence-corrected chi connectivity index (χ1v) is 5.25. The fourth-order valence-corrected chi connectivity index (χ4v) is 2.30. The van der Waals surface area contributed by atoms with Crippen molar-refractivity contribution in [1.82, 2.24) is 10.5 Å². The second-order valence-corrected chi connectivity index (χ2v) is 4.10. The molecule has 1 saturated heterocycles. The Morgan fingerprint density at radius 1 is 1.75 bits per heavy atom. The Bertz CT molecular complexity index is 255. The van der Waals surface area contributed by atoms with Gasteiger partial charge in [0.1, 0.15) is 0 Å². The van der Waals surface area contributed by atoms with Crippen LogP contribution < -0.4 is 5.32 Å². The first-order valence-electron chi connectivity index (χ1n) is 4.10. The number of hydrogen-bond acceptors (Lipinski definition) is 4. The van der Waals surface area contributed by atoms with E-state index in [1.165, 1.54) is 5.75 Å². The van der Waals surface area contributed by atoms with Crippen LogP contribution in [0.5, 0.6) is 0 Å². The summed E-state index contributed by atoms with van der Waals surface area (Å²) in [5, 5.41) is 7.18. The third-order valence-electron chi connectivity index (χ3n) is 2.02. The van der Waals surface area contributed by atoms with Gasteiger partial charge in [-0.1, -0.05) is 5.16 Å². The third kappa shape index (κ3) is 1.49. The molecule has 1 fully saturated rings. The number of nitrogens with one attached hydrogen (secondary N) is 1. The molecule has 3 nitrogen and oxygen atoms in total. The quantitative estimate of drug-likeness (QED) is 0.715. The second-order valence-electron chi connectivity index (χ2n) is 2.95. The standard InChI is InChI=1S/C8H12N2OS/c1-6-4-10-11-8(6)7-5-12-3-2-9-7/h4,7,9H,2-3,5H2,1H3. The first kappa shape index (κ1) is 8.13. The first-order chi connectivity index (χ1) is 5.88. The summed E-state index contributed by atoms with van der Waals surface area (Å²) in [5.41, 5.74) is 1.15. The Hall–Kier alpha value is -0.480. The van der Waals surface area contributed by atoms with Gasteiger partial charge in [-0.2, -0.15) is 11.8 Å². The Balaban J connectivity index is 2.13. The summed E-state index contributed by atoms with van der Waals surface area (Å²) in [6, 6.07) is 0.367. The van der Waals surface area contributed by atoms with Gasteiger partial charge < -0.3 is 9.84 Å². The maximum absolute atomic E-state index is 5.18. The van der Waals surface area contributed by atoms with E-state index in [0.29, 0.717) is 6.04 Å². The normalized spacial score (nSPS) is 24.2. The van der Waals surface area contributed by atoms with Crippen LogP contribution in [0.1, 0.15) is 17.4 Å². The highest BCUT2D eigenvalue weighted by Crippen LogP contribution is 2.23. The largest absolute Gasteiger partial charge is 0.359 e. The molecule has 1 aliphatic rings. The molecule has 0 amide bonds. The average Bonchev–Trinajstić information content (AvgIpc) is 2.53. The molecule has 1 aliphatic heterocycles. The van der Waals surface area contributed by atoms with E-state index in [1.54, 1.807) is 6.20 Å². The van der Waals surface area contributed by atoms with Crippen molar-refractivity contribution in [2.24, 2.45) is 0 Å². The molecule has 0 aromatic carbocycles. The Labute approximate surface area is 75.9 Å². The van der Waals surface area contributed by atoms with Crippen molar-refractivity contribution in [3.8, 4) is 0 Å². The lowest BCUT2D eigenvalue weighted by molar-refractivity contribution is 0.348. The summed E-state index contributed by atoms with van der Waals surface area (Å²) in [5.74, 6) is 3.29. The highest BCUT2D eigenvalue weighted by atomic mass is 32.2. The van der Waals surface area contributed by atoms with Gasteiger partial charge in [-0.05, 0) is 6.92 Å². The molecule has 0 bridgehead atoms. The van der Waals surface area contributed by atoms with Gasteiger partial charge in [0.05, 0.1) is 12.2 Å². The van der Waals surface area contributed by atoms with Crippen LogP contribution >= 0.6 is 11.8 Å². The summed E-state index contributed by atoms with van der Waals surface area (Å²) in [7, 11) is 0. The number of hydrogen-bond donors (Lipinski definition) is 1. The van der Waals surface area contributed by atoms with Gasteiger partial charge in [-0.25, -0.2) is 0 Å². The van der Waals surface area contributed by atoms with Crippen LogP contribution in [0.15, 0.2) is 10.7 Å². The van der Waals surface area contributed by atoms with Crippen molar-refractivity contribution in [1.29, 1.82) is 0 Å². The minimum atomic E-state index is 0.367. The SMILES string of the molecule is Cc1cnoc1C1CSCCN1. The van der Waals surface area contributed by atoms with E-state index in [-0.39, 0.29) is 0 Å². The number of aryl methyl sites for hydroxylation is 1. The van der Waals surface area contributed by atoms with Crippen molar-refractivity contribution >= 4 is 11.8 Å². The van der Waals surface area contributed by atoms with Gasteiger partial charge in [0.2, 0.25) is 0 Å². The van der Waals surface area contributed by atoms with Gasteiger partial charge in [0, 0.05) is 23.6 Å². The molecule has 2 rings (SSSR count). The topological polar surface area (TPSA) is 38.1 Å². The van der Waals surface area contributed by atoms with Crippen molar-refractivity contribution in [3.63, 3.8) is 0 Å². The van der Waals surface area contributed by atoms with Crippen LogP contribution in [0.4, 0.5) is 0 Å². The Morgan fingerprint density at radius 3 is 3.25 bits per heavy atom. The molecule has 0 spiro atoms. The fourth-order valence-electron chi connectivity index (χ4n) is 1.37. The predicted molar refractivity (Wildman–Crippen MR) is 49.3 cm³/mol. The van der Waals surface area contributed by atoms with Gasteiger partial charge in [0.15, 0.2) is 5.76 Å². The van der Waals surface area contributed by atoms with Crippen molar-refractivity contribution < 1.29 is 4.52 Å². The summed E-state index contributed by atoms with van der Waals surface area (Å²) in [4.78, 5) is 0. The fraction of sp³-hybridized carbons (Fsp3) is 0.625. The molecule has 12 heavy (non-hydrogen) atoms. The zero-order chi connectivity index (χ0) is 8.39. The molecule has 66 valence electrons. The van der Waals surface area contributed by atoms with Crippen LogP contribution in [0.2, 0.25) is 0 Å². The highest BCUT2D eigenvalue weighted by Gasteiger charge is 2.20. The zero-order valence-electron chi connectivity index (χ0n) is 7.04. The smallest absolute Gasteiger partial charge is 0.157 e. The number of thioether (sulfide) groups is 1. The van der Waals surface area contributed by atoms with E-state index >= 15 is 0 Å². The van der Waals surface area contributed by atoms with Gasteiger partial charge in [-0.15, -0.1) is 0 Å².